The monoisotopic (exact) mass is 389 g/mol. The molecule has 11 heteroatoms. The van der Waals surface area contributed by atoms with Gasteiger partial charge >= 0.3 is 0 Å². The number of hydrogen-bond acceptors (Lipinski definition) is 6. The van der Waals surface area contributed by atoms with E-state index in [1.54, 1.807) is 0 Å². The van der Waals surface area contributed by atoms with Crippen LogP contribution >= 0.6 is 23.8 Å². The minimum Gasteiger partial charge on any atom is -0.282 e. The average Bonchev–Trinajstić information content (AvgIpc) is 3.30. The molecule has 0 saturated heterocycles. The Labute approximate surface area is 156 Å². The normalized spacial score (nSPS) is 13.4. The topological polar surface area (TPSA) is 118 Å². The lowest BCUT2D eigenvalue weighted by Crippen LogP contribution is -1.98. The second-order valence-electron chi connectivity index (χ2n) is 5.75. The number of nitrogens with one attached hydrogen (secondary N) is 2. The number of fused-ring (bicyclic) bond motifs is 1. The van der Waals surface area contributed by atoms with Gasteiger partial charge in [0.1, 0.15) is 5.69 Å². The summed E-state index contributed by atoms with van der Waals surface area (Å²) in [6, 6.07) is 4.14. The van der Waals surface area contributed by atoms with Gasteiger partial charge in [0.25, 0.3) is 5.69 Å². The summed E-state index contributed by atoms with van der Waals surface area (Å²) < 4.78 is 1.71. The summed E-state index contributed by atoms with van der Waals surface area (Å²) in [6.45, 7) is 0. The van der Waals surface area contributed by atoms with E-state index in [9.17, 15) is 10.1 Å². The zero-order chi connectivity index (χ0) is 18.3. The Balaban J connectivity index is 1.75. The Morgan fingerprint density at radius 3 is 3.00 bits per heavy atom. The Hall–Kier alpha value is -2.85. The quantitative estimate of drug-likeness (QED) is 0.307. The lowest BCUT2D eigenvalue weighted by atomic mass is 10.2. The van der Waals surface area contributed by atoms with Gasteiger partial charge in [0.15, 0.2) is 0 Å². The highest BCUT2D eigenvalue weighted by atomic mass is 35.5. The minimum absolute atomic E-state index is 0.0722. The van der Waals surface area contributed by atoms with Gasteiger partial charge < -0.3 is 0 Å². The van der Waals surface area contributed by atoms with Crippen LogP contribution in [0.2, 0.25) is 5.02 Å². The number of hydrogen-bond donors (Lipinski definition) is 2. The van der Waals surface area contributed by atoms with Crippen molar-refractivity contribution in [2.45, 2.75) is 19.3 Å². The van der Waals surface area contributed by atoms with Gasteiger partial charge in [0.2, 0.25) is 10.6 Å². The summed E-state index contributed by atoms with van der Waals surface area (Å²) >= 11 is 11.3. The van der Waals surface area contributed by atoms with Crippen molar-refractivity contribution in [3.63, 3.8) is 0 Å². The third kappa shape index (κ3) is 2.82. The molecule has 0 spiro atoms. The standard InChI is InChI=1S/C15H12ClN7O2S/c16-11-5-4-9(23(24)25)6-8(11)7-17-22-14(20-21-15(22)26)13-10-2-1-3-12(10)18-19-13/h4-7H,1-3H2,(H,18,19)(H,21,26). The van der Waals surface area contributed by atoms with Crippen molar-refractivity contribution in [2.75, 3.05) is 0 Å². The van der Waals surface area contributed by atoms with Crippen LogP contribution in [0.25, 0.3) is 11.5 Å². The summed E-state index contributed by atoms with van der Waals surface area (Å²) in [5.41, 5.74) is 3.25. The summed E-state index contributed by atoms with van der Waals surface area (Å²) in [4.78, 5) is 10.4. The molecule has 1 aromatic carbocycles. The van der Waals surface area contributed by atoms with Crippen molar-refractivity contribution in [2.24, 2.45) is 5.10 Å². The molecule has 0 radical (unpaired) electrons. The van der Waals surface area contributed by atoms with Crippen LogP contribution in [0.4, 0.5) is 5.69 Å². The molecule has 0 fully saturated rings. The molecule has 0 aliphatic heterocycles. The van der Waals surface area contributed by atoms with Crippen molar-refractivity contribution in [1.29, 1.82) is 0 Å². The van der Waals surface area contributed by atoms with Crippen LogP contribution in [-0.4, -0.2) is 36.2 Å². The molecule has 0 bridgehead atoms. The number of aromatic nitrogens is 5. The van der Waals surface area contributed by atoms with Gasteiger partial charge in [0, 0.05) is 34.0 Å². The van der Waals surface area contributed by atoms with E-state index in [0.29, 0.717) is 22.1 Å². The number of benzene rings is 1. The molecule has 26 heavy (non-hydrogen) atoms. The fourth-order valence-corrected chi connectivity index (χ4v) is 3.27. The minimum atomic E-state index is -0.490. The van der Waals surface area contributed by atoms with Gasteiger partial charge in [-0.05, 0) is 37.5 Å². The van der Waals surface area contributed by atoms with Crippen LogP contribution in [0.15, 0.2) is 23.3 Å². The van der Waals surface area contributed by atoms with Crippen molar-refractivity contribution >= 4 is 35.7 Å². The Morgan fingerprint density at radius 1 is 1.35 bits per heavy atom. The van der Waals surface area contributed by atoms with E-state index in [2.05, 4.69) is 25.5 Å². The molecule has 2 N–H and O–H groups in total. The first-order valence-electron chi connectivity index (χ1n) is 7.77. The number of aryl methyl sites for hydroxylation is 1. The van der Waals surface area contributed by atoms with Crippen LogP contribution < -0.4 is 0 Å². The highest BCUT2D eigenvalue weighted by Gasteiger charge is 2.23. The number of nitro benzene ring substituents is 1. The van der Waals surface area contributed by atoms with E-state index in [1.165, 1.54) is 29.1 Å². The van der Waals surface area contributed by atoms with Crippen molar-refractivity contribution in [3.05, 3.63) is 54.9 Å². The SMILES string of the molecule is O=[N+]([O-])c1ccc(Cl)c(C=Nn2c(-c3n[nH]c4c3CCC4)n[nH]c2=S)c1. The van der Waals surface area contributed by atoms with Crippen molar-refractivity contribution in [3.8, 4) is 11.5 Å². The van der Waals surface area contributed by atoms with Crippen LogP contribution in [0.5, 0.6) is 0 Å². The zero-order valence-electron chi connectivity index (χ0n) is 13.3. The van der Waals surface area contributed by atoms with Gasteiger partial charge in [0.05, 0.1) is 11.1 Å². The molecule has 132 valence electrons. The van der Waals surface area contributed by atoms with Crippen LogP contribution in [0.3, 0.4) is 0 Å². The molecule has 4 rings (SSSR count). The van der Waals surface area contributed by atoms with Crippen molar-refractivity contribution < 1.29 is 4.92 Å². The number of non-ortho nitro benzene ring substituents is 1. The van der Waals surface area contributed by atoms with Crippen LogP contribution in [0, 0.1) is 14.9 Å². The van der Waals surface area contributed by atoms with Gasteiger partial charge in [-0.15, -0.1) is 0 Å². The number of aromatic amines is 2. The smallest absolute Gasteiger partial charge is 0.270 e. The highest BCUT2D eigenvalue weighted by molar-refractivity contribution is 7.71. The van der Waals surface area contributed by atoms with E-state index >= 15 is 0 Å². The first kappa shape index (κ1) is 16.6. The Bertz CT molecular complexity index is 1100. The predicted molar refractivity (Wildman–Crippen MR) is 98.1 cm³/mol. The molecule has 1 aliphatic carbocycles. The third-order valence-electron chi connectivity index (χ3n) is 4.17. The molecule has 9 nitrogen and oxygen atoms in total. The van der Waals surface area contributed by atoms with E-state index in [4.69, 9.17) is 23.8 Å². The molecule has 0 saturated carbocycles. The third-order valence-corrected chi connectivity index (χ3v) is 4.78. The first-order chi connectivity index (χ1) is 12.5. The highest BCUT2D eigenvalue weighted by Crippen LogP contribution is 2.29. The largest absolute Gasteiger partial charge is 0.282 e. The molecule has 3 aromatic rings. The second kappa shape index (κ2) is 6.46. The summed E-state index contributed by atoms with van der Waals surface area (Å²) in [5, 5.41) is 29.9. The van der Waals surface area contributed by atoms with Crippen LogP contribution in [-0.2, 0) is 12.8 Å². The fraction of sp³-hybridized carbons (Fsp3) is 0.200. The molecule has 0 atom stereocenters. The molecule has 2 aromatic heterocycles. The van der Waals surface area contributed by atoms with Gasteiger partial charge in [-0.2, -0.15) is 20.0 Å². The number of rotatable bonds is 4. The summed E-state index contributed by atoms with van der Waals surface area (Å²) in [6.07, 6.45) is 4.35. The van der Waals surface area contributed by atoms with Crippen LogP contribution in [0.1, 0.15) is 23.2 Å². The number of halogens is 1. The second-order valence-corrected chi connectivity index (χ2v) is 6.55. The number of nitro groups is 1. The molecular weight excluding hydrogens is 378 g/mol. The van der Waals surface area contributed by atoms with E-state index < -0.39 is 4.92 Å². The summed E-state index contributed by atoms with van der Waals surface area (Å²) in [7, 11) is 0. The lowest BCUT2D eigenvalue weighted by Gasteiger charge is -2.01. The zero-order valence-corrected chi connectivity index (χ0v) is 14.8. The predicted octanol–water partition coefficient (Wildman–Crippen LogP) is 3.26. The fourth-order valence-electron chi connectivity index (χ4n) is 2.92. The van der Waals surface area contributed by atoms with Gasteiger partial charge in [-0.1, -0.05) is 11.6 Å². The Morgan fingerprint density at radius 2 is 2.19 bits per heavy atom. The van der Waals surface area contributed by atoms with E-state index in [1.807, 2.05) is 0 Å². The molecule has 2 heterocycles. The number of nitrogens with zero attached hydrogens (tertiary/aromatic N) is 5. The average molecular weight is 390 g/mol. The van der Waals surface area contributed by atoms with E-state index in [-0.39, 0.29) is 10.5 Å². The molecular formula is C15H12ClN7O2S. The maximum atomic E-state index is 10.9. The molecule has 1 aliphatic rings. The first-order valence-corrected chi connectivity index (χ1v) is 8.55. The molecule has 0 amide bonds. The maximum absolute atomic E-state index is 10.9. The lowest BCUT2D eigenvalue weighted by molar-refractivity contribution is -0.384. The van der Waals surface area contributed by atoms with Gasteiger partial charge in [-0.3, -0.25) is 15.2 Å². The Kier molecular flexibility index (Phi) is 4.13. The van der Waals surface area contributed by atoms with E-state index in [0.717, 1.165) is 30.5 Å². The summed E-state index contributed by atoms with van der Waals surface area (Å²) in [5.74, 6) is 0.479. The maximum Gasteiger partial charge on any atom is 0.270 e. The van der Waals surface area contributed by atoms with Gasteiger partial charge in [-0.25, -0.2) is 5.10 Å². The van der Waals surface area contributed by atoms with Crippen molar-refractivity contribution in [1.82, 2.24) is 25.1 Å². The number of H-pyrrole nitrogens is 2. The molecule has 0 unspecified atom stereocenters.